The molecule has 0 radical (unpaired) electrons. The van der Waals surface area contributed by atoms with Crippen LogP contribution in [0.2, 0.25) is 0 Å². The fourth-order valence-corrected chi connectivity index (χ4v) is 3.94. The van der Waals surface area contributed by atoms with Crippen molar-refractivity contribution in [2.24, 2.45) is 0 Å². The van der Waals surface area contributed by atoms with Crippen LogP contribution in [0.4, 0.5) is 0 Å². The fraction of sp³-hybridized carbons (Fsp3) is 0.400. The van der Waals surface area contributed by atoms with Crippen LogP contribution in [0, 0.1) is 13.8 Å². The van der Waals surface area contributed by atoms with Crippen LogP contribution >= 0.6 is 0 Å². The summed E-state index contributed by atoms with van der Waals surface area (Å²) < 4.78 is 27.1. The number of hydrogen-bond acceptors (Lipinski definition) is 3. The summed E-state index contributed by atoms with van der Waals surface area (Å²) in [6.45, 7) is 4.18. The Labute approximate surface area is 125 Å². The highest BCUT2D eigenvalue weighted by Gasteiger charge is 2.38. The lowest BCUT2D eigenvalue weighted by molar-refractivity contribution is 0.397. The number of aromatic amines is 1. The first-order chi connectivity index (χ1) is 9.96. The van der Waals surface area contributed by atoms with Gasteiger partial charge in [-0.1, -0.05) is 29.8 Å². The molecule has 21 heavy (non-hydrogen) atoms. The van der Waals surface area contributed by atoms with Gasteiger partial charge in [0.2, 0.25) is 0 Å². The summed E-state index contributed by atoms with van der Waals surface area (Å²) in [6, 6.07) is 8.09. The largest absolute Gasteiger partial charge is 0.332 e. The third-order valence-corrected chi connectivity index (χ3v) is 5.49. The van der Waals surface area contributed by atoms with Crippen molar-refractivity contribution in [3.05, 3.63) is 47.4 Å². The monoisotopic (exact) mass is 305 g/mol. The van der Waals surface area contributed by atoms with Crippen LogP contribution in [0.3, 0.4) is 0 Å². The van der Waals surface area contributed by atoms with E-state index in [0.29, 0.717) is 12.4 Å². The van der Waals surface area contributed by atoms with Crippen molar-refractivity contribution in [1.82, 2.24) is 14.3 Å². The Morgan fingerprint density at radius 1 is 1.24 bits per heavy atom. The van der Waals surface area contributed by atoms with Crippen molar-refractivity contribution in [3.8, 4) is 0 Å². The molecule has 0 amide bonds. The number of hydrogen-bond donors (Lipinski definition) is 1. The van der Waals surface area contributed by atoms with E-state index in [9.17, 15) is 8.42 Å². The van der Waals surface area contributed by atoms with Crippen LogP contribution in [0.5, 0.6) is 0 Å². The second kappa shape index (κ2) is 5.27. The first-order valence-corrected chi connectivity index (χ1v) is 8.50. The molecule has 112 valence electrons. The zero-order valence-corrected chi connectivity index (χ0v) is 13.0. The van der Waals surface area contributed by atoms with Gasteiger partial charge in [-0.2, -0.15) is 4.31 Å². The van der Waals surface area contributed by atoms with Crippen molar-refractivity contribution in [2.45, 2.75) is 44.3 Å². The Hall–Kier alpha value is -1.66. The Balaban J connectivity index is 1.89. The van der Waals surface area contributed by atoms with E-state index in [2.05, 4.69) is 9.97 Å². The average Bonchev–Trinajstić information content (AvgIpc) is 3.18. The van der Waals surface area contributed by atoms with Gasteiger partial charge in [-0.3, -0.25) is 0 Å². The SMILES string of the molecule is Cc1ccc(CN(C2CC2)S(=O)(=O)c2cnc(C)[nH]2)cc1. The van der Waals surface area contributed by atoms with Gasteiger partial charge in [0.05, 0.1) is 6.20 Å². The Bertz CT molecular complexity index is 731. The zero-order chi connectivity index (χ0) is 15.0. The maximum Gasteiger partial charge on any atom is 0.260 e. The van der Waals surface area contributed by atoms with Crippen LogP contribution in [-0.2, 0) is 16.6 Å². The third kappa shape index (κ3) is 3.01. The van der Waals surface area contributed by atoms with Crippen LogP contribution in [0.25, 0.3) is 0 Å². The van der Waals surface area contributed by atoms with Crippen LogP contribution in [0.15, 0.2) is 35.5 Å². The van der Waals surface area contributed by atoms with E-state index in [1.165, 1.54) is 11.8 Å². The molecule has 1 aromatic carbocycles. The number of rotatable bonds is 5. The van der Waals surface area contributed by atoms with E-state index in [1.807, 2.05) is 31.2 Å². The summed E-state index contributed by atoms with van der Waals surface area (Å²) in [4.78, 5) is 6.84. The van der Waals surface area contributed by atoms with Crippen molar-refractivity contribution in [3.63, 3.8) is 0 Å². The minimum Gasteiger partial charge on any atom is -0.332 e. The lowest BCUT2D eigenvalue weighted by atomic mass is 10.1. The van der Waals surface area contributed by atoms with E-state index in [1.54, 1.807) is 11.2 Å². The molecule has 1 aliphatic rings. The molecule has 1 N–H and O–H groups in total. The van der Waals surface area contributed by atoms with Gasteiger partial charge in [0.25, 0.3) is 10.0 Å². The van der Waals surface area contributed by atoms with Crippen LogP contribution < -0.4 is 0 Å². The number of H-pyrrole nitrogens is 1. The summed E-state index contributed by atoms with van der Waals surface area (Å²) in [6.07, 6.45) is 3.26. The summed E-state index contributed by atoms with van der Waals surface area (Å²) in [5.74, 6) is 0.611. The van der Waals surface area contributed by atoms with E-state index in [-0.39, 0.29) is 11.1 Å². The summed E-state index contributed by atoms with van der Waals surface area (Å²) in [5, 5.41) is 0.180. The fourth-order valence-electron chi connectivity index (χ4n) is 2.30. The molecule has 0 atom stereocenters. The third-order valence-electron chi connectivity index (χ3n) is 3.68. The molecule has 1 aromatic heterocycles. The van der Waals surface area contributed by atoms with Gasteiger partial charge in [0.15, 0.2) is 5.03 Å². The summed E-state index contributed by atoms with van der Waals surface area (Å²) >= 11 is 0. The molecule has 3 rings (SSSR count). The molecular formula is C15H19N3O2S. The Morgan fingerprint density at radius 3 is 2.43 bits per heavy atom. The van der Waals surface area contributed by atoms with Crippen molar-refractivity contribution >= 4 is 10.0 Å². The predicted molar refractivity (Wildman–Crippen MR) is 80.3 cm³/mol. The molecule has 0 aliphatic heterocycles. The van der Waals surface area contributed by atoms with Gasteiger partial charge in [0.1, 0.15) is 5.82 Å². The lowest BCUT2D eigenvalue weighted by Gasteiger charge is -2.21. The van der Waals surface area contributed by atoms with Gasteiger partial charge in [-0.15, -0.1) is 0 Å². The second-order valence-electron chi connectivity index (χ2n) is 5.60. The second-order valence-corrected chi connectivity index (χ2v) is 7.46. The maximum absolute atomic E-state index is 12.8. The topological polar surface area (TPSA) is 66.1 Å². The highest BCUT2D eigenvalue weighted by molar-refractivity contribution is 7.89. The molecule has 0 bridgehead atoms. The summed E-state index contributed by atoms with van der Waals surface area (Å²) in [7, 11) is -3.51. The van der Waals surface area contributed by atoms with E-state index in [0.717, 1.165) is 18.4 Å². The van der Waals surface area contributed by atoms with Gasteiger partial charge in [-0.25, -0.2) is 13.4 Å². The Morgan fingerprint density at radius 2 is 1.90 bits per heavy atom. The molecule has 1 heterocycles. The average molecular weight is 305 g/mol. The van der Waals surface area contributed by atoms with Gasteiger partial charge in [-0.05, 0) is 32.3 Å². The number of imidazole rings is 1. The molecule has 0 unspecified atom stereocenters. The van der Waals surface area contributed by atoms with Gasteiger partial charge < -0.3 is 4.98 Å². The molecule has 6 heteroatoms. The minimum atomic E-state index is -3.51. The van der Waals surface area contributed by atoms with Crippen LogP contribution in [-0.4, -0.2) is 28.7 Å². The number of nitrogens with zero attached hydrogens (tertiary/aromatic N) is 2. The normalized spacial score (nSPS) is 15.6. The van der Waals surface area contributed by atoms with Gasteiger partial charge >= 0.3 is 0 Å². The van der Waals surface area contributed by atoms with Crippen molar-refractivity contribution < 1.29 is 8.42 Å². The highest BCUT2D eigenvalue weighted by atomic mass is 32.2. The molecule has 0 spiro atoms. The smallest absolute Gasteiger partial charge is 0.260 e. The van der Waals surface area contributed by atoms with Crippen molar-refractivity contribution in [2.75, 3.05) is 0 Å². The van der Waals surface area contributed by atoms with E-state index >= 15 is 0 Å². The first-order valence-electron chi connectivity index (χ1n) is 7.06. The van der Waals surface area contributed by atoms with Crippen molar-refractivity contribution in [1.29, 1.82) is 0 Å². The standard InChI is InChI=1S/C15H19N3O2S/c1-11-3-5-13(6-4-11)10-18(14-7-8-14)21(19,20)15-9-16-12(2)17-15/h3-6,9,14H,7-8,10H2,1-2H3,(H,16,17). The first kappa shape index (κ1) is 14.3. The van der Waals surface area contributed by atoms with E-state index in [4.69, 9.17) is 0 Å². The highest BCUT2D eigenvalue weighted by Crippen LogP contribution is 2.33. The minimum absolute atomic E-state index is 0.111. The molecular weight excluding hydrogens is 286 g/mol. The quantitative estimate of drug-likeness (QED) is 0.922. The molecule has 0 saturated heterocycles. The molecule has 1 aliphatic carbocycles. The predicted octanol–water partition coefficient (Wildman–Crippen LogP) is 2.38. The maximum atomic E-state index is 12.8. The molecule has 2 aromatic rings. The number of nitrogens with one attached hydrogen (secondary N) is 1. The number of aryl methyl sites for hydroxylation is 2. The van der Waals surface area contributed by atoms with E-state index < -0.39 is 10.0 Å². The number of sulfonamides is 1. The molecule has 5 nitrogen and oxygen atoms in total. The number of aromatic nitrogens is 2. The molecule has 1 fully saturated rings. The Kier molecular flexibility index (Phi) is 3.59. The van der Waals surface area contributed by atoms with Crippen LogP contribution in [0.1, 0.15) is 29.8 Å². The lowest BCUT2D eigenvalue weighted by Crippen LogP contribution is -2.32. The van der Waals surface area contributed by atoms with Gasteiger partial charge in [0, 0.05) is 12.6 Å². The zero-order valence-electron chi connectivity index (χ0n) is 12.2. The number of benzene rings is 1. The molecule has 1 saturated carbocycles. The summed E-state index contributed by atoms with van der Waals surface area (Å²) in [5.41, 5.74) is 2.18.